The van der Waals surface area contributed by atoms with E-state index in [9.17, 15) is 9.59 Å². The monoisotopic (exact) mass is 444 g/mol. The lowest BCUT2D eigenvalue weighted by molar-refractivity contribution is -0.124. The first-order valence-electron chi connectivity index (χ1n) is 10.6. The molecule has 1 atom stereocenters. The van der Waals surface area contributed by atoms with E-state index in [2.05, 4.69) is 20.3 Å². The number of amides is 1. The first-order chi connectivity index (χ1) is 16.0. The van der Waals surface area contributed by atoms with E-state index in [-0.39, 0.29) is 0 Å². The number of anilines is 1. The summed E-state index contributed by atoms with van der Waals surface area (Å²) in [5.41, 5.74) is 3.59. The first kappa shape index (κ1) is 22.0. The topological polar surface area (TPSA) is 106 Å². The summed E-state index contributed by atoms with van der Waals surface area (Å²) in [5.74, 6) is 0.840. The van der Waals surface area contributed by atoms with Gasteiger partial charge in [0.1, 0.15) is 17.4 Å². The number of nitrogens with zero attached hydrogens (tertiary/aromatic N) is 2. The number of carbonyl (C=O) groups excluding carboxylic acids is 2. The molecule has 0 aliphatic rings. The van der Waals surface area contributed by atoms with Crippen LogP contribution in [-0.4, -0.2) is 40.0 Å². The van der Waals surface area contributed by atoms with E-state index < -0.39 is 18.0 Å². The minimum Gasteiger partial charge on any atom is -0.497 e. The minimum absolute atomic E-state index is 0.326. The molecule has 4 aromatic rings. The van der Waals surface area contributed by atoms with E-state index in [4.69, 9.17) is 9.47 Å². The summed E-state index contributed by atoms with van der Waals surface area (Å²) in [7, 11) is 1.61. The summed E-state index contributed by atoms with van der Waals surface area (Å²) in [5, 5.41) is 2.70. The number of aromatic nitrogens is 3. The highest BCUT2D eigenvalue weighted by molar-refractivity contribution is 5.98. The van der Waals surface area contributed by atoms with Gasteiger partial charge in [-0.05, 0) is 73.5 Å². The van der Waals surface area contributed by atoms with Gasteiger partial charge in [-0.3, -0.25) is 4.79 Å². The second-order valence-corrected chi connectivity index (χ2v) is 7.56. The van der Waals surface area contributed by atoms with Crippen LogP contribution < -0.4 is 10.1 Å². The third-order valence-corrected chi connectivity index (χ3v) is 5.16. The number of rotatable bonds is 7. The highest BCUT2D eigenvalue weighted by atomic mass is 16.5. The Kier molecular flexibility index (Phi) is 6.35. The molecule has 0 radical (unpaired) electrons. The number of pyridine rings is 1. The van der Waals surface area contributed by atoms with E-state index in [0.29, 0.717) is 34.7 Å². The number of ether oxygens (including phenoxy) is 2. The highest BCUT2D eigenvalue weighted by Gasteiger charge is 2.23. The molecule has 1 unspecified atom stereocenters. The number of H-pyrrole nitrogens is 1. The van der Waals surface area contributed by atoms with Crippen molar-refractivity contribution in [3.05, 3.63) is 71.9 Å². The number of hydrogen-bond acceptors (Lipinski definition) is 6. The molecule has 4 rings (SSSR count). The maximum Gasteiger partial charge on any atom is 0.338 e. The van der Waals surface area contributed by atoms with Crippen LogP contribution in [0.3, 0.4) is 0 Å². The van der Waals surface area contributed by atoms with Gasteiger partial charge in [0.05, 0.1) is 23.7 Å². The fourth-order valence-electron chi connectivity index (χ4n) is 3.35. The van der Waals surface area contributed by atoms with Gasteiger partial charge in [-0.2, -0.15) is 0 Å². The van der Waals surface area contributed by atoms with Gasteiger partial charge in [-0.1, -0.05) is 6.92 Å². The predicted molar refractivity (Wildman–Crippen MR) is 125 cm³/mol. The summed E-state index contributed by atoms with van der Waals surface area (Å²) in [6, 6.07) is 16.1. The third-order valence-electron chi connectivity index (χ3n) is 5.16. The first-order valence-corrected chi connectivity index (χ1v) is 10.6. The molecule has 0 saturated carbocycles. The SMILES string of the molecule is CCC(OC(=O)c1ccc2nc(-c3ccc(OC)cc3)[nH]c2c1)C(=O)Nc1cc(C)ccn1. The molecule has 33 heavy (non-hydrogen) atoms. The Morgan fingerprint density at radius 3 is 2.58 bits per heavy atom. The van der Waals surface area contributed by atoms with Crippen LogP contribution in [0.5, 0.6) is 5.75 Å². The van der Waals surface area contributed by atoms with E-state index in [1.54, 1.807) is 44.5 Å². The fourth-order valence-corrected chi connectivity index (χ4v) is 3.35. The number of methoxy groups -OCH3 is 1. The molecule has 0 fully saturated rings. The van der Waals surface area contributed by atoms with Gasteiger partial charge < -0.3 is 19.8 Å². The van der Waals surface area contributed by atoms with Crippen molar-refractivity contribution in [2.24, 2.45) is 0 Å². The van der Waals surface area contributed by atoms with Crippen LogP contribution in [0.15, 0.2) is 60.8 Å². The molecule has 0 aliphatic heterocycles. The molecule has 2 aromatic heterocycles. The van der Waals surface area contributed by atoms with Gasteiger partial charge in [0.2, 0.25) is 0 Å². The molecule has 0 saturated heterocycles. The van der Waals surface area contributed by atoms with Crippen molar-refractivity contribution in [2.45, 2.75) is 26.4 Å². The minimum atomic E-state index is -0.938. The van der Waals surface area contributed by atoms with Crippen LogP contribution >= 0.6 is 0 Å². The van der Waals surface area contributed by atoms with Crippen LogP contribution in [0.1, 0.15) is 29.3 Å². The zero-order valence-electron chi connectivity index (χ0n) is 18.6. The molecule has 8 nitrogen and oxygen atoms in total. The van der Waals surface area contributed by atoms with Crippen molar-refractivity contribution < 1.29 is 19.1 Å². The Bertz CT molecular complexity index is 1300. The Labute approximate surface area is 191 Å². The van der Waals surface area contributed by atoms with E-state index in [0.717, 1.165) is 16.9 Å². The average Bonchev–Trinajstić information content (AvgIpc) is 3.26. The van der Waals surface area contributed by atoms with Crippen molar-refractivity contribution in [1.29, 1.82) is 0 Å². The molecule has 0 spiro atoms. The predicted octanol–water partition coefficient (Wildman–Crippen LogP) is 4.52. The Hall–Kier alpha value is -4.20. The molecule has 2 heterocycles. The van der Waals surface area contributed by atoms with Gasteiger partial charge in [0, 0.05) is 11.8 Å². The number of aromatic amines is 1. The molecular formula is C25H24N4O4. The van der Waals surface area contributed by atoms with Crippen molar-refractivity contribution in [2.75, 3.05) is 12.4 Å². The number of esters is 1. The van der Waals surface area contributed by atoms with Crippen LogP contribution in [0.2, 0.25) is 0 Å². The number of fused-ring (bicyclic) bond motifs is 1. The van der Waals surface area contributed by atoms with Crippen molar-refractivity contribution in [1.82, 2.24) is 15.0 Å². The number of hydrogen-bond donors (Lipinski definition) is 2. The molecule has 8 heteroatoms. The Morgan fingerprint density at radius 1 is 1.09 bits per heavy atom. The van der Waals surface area contributed by atoms with E-state index >= 15 is 0 Å². The highest BCUT2D eigenvalue weighted by Crippen LogP contribution is 2.24. The number of benzene rings is 2. The van der Waals surface area contributed by atoms with Gasteiger partial charge in [0.15, 0.2) is 6.10 Å². The number of aryl methyl sites for hydroxylation is 1. The molecule has 2 aromatic carbocycles. The standard InChI is InChI=1S/C25H24N4O4/c1-4-21(24(30)29-22-13-15(2)11-12-26-22)33-25(31)17-7-10-19-20(14-17)28-23(27-19)16-5-8-18(32-3)9-6-16/h5-14,21H,4H2,1-3H3,(H,27,28)(H,26,29,30). The lowest BCUT2D eigenvalue weighted by atomic mass is 10.2. The summed E-state index contributed by atoms with van der Waals surface area (Å²) in [4.78, 5) is 37.3. The lowest BCUT2D eigenvalue weighted by Crippen LogP contribution is -2.32. The maximum atomic E-state index is 12.7. The molecule has 0 bridgehead atoms. The normalized spacial score (nSPS) is 11.7. The summed E-state index contributed by atoms with van der Waals surface area (Å²) >= 11 is 0. The second-order valence-electron chi connectivity index (χ2n) is 7.56. The maximum absolute atomic E-state index is 12.7. The molecule has 1 amide bonds. The van der Waals surface area contributed by atoms with Crippen LogP contribution in [0.4, 0.5) is 5.82 Å². The quantitative estimate of drug-likeness (QED) is 0.406. The van der Waals surface area contributed by atoms with Crippen molar-refractivity contribution in [3.63, 3.8) is 0 Å². The fraction of sp³-hybridized carbons (Fsp3) is 0.200. The number of nitrogens with one attached hydrogen (secondary N) is 2. The zero-order valence-corrected chi connectivity index (χ0v) is 18.6. The summed E-state index contributed by atoms with van der Waals surface area (Å²) < 4.78 is 10.7. The molecule has 168 valence electrons. The molecular weight excluding hydrogens is 420 g/mol. The lowest BCUT2D eigenvalue weighted by Gasteiger charge is -2.16. The summed E-state index contributed by atoms with van der Waals surface area (Å²) in [6.07, 6.45) is 1.00. The van der Waals surface area contributed by atoms with Gasteiger partial charge >= 0.3 is 5.97 Å². The smallest absolute Gasteiger partial charge is 0.338 e. The van der Waals surface area contributed by atoms with Crippen LogP contribution in [0, 0.1) is 6.92 Å². The van der Waals surface area contributed by atoms with E-state index in [1.807, 2.05) is 37.3 Å². The van der Waals surface area contributed by atoms with Gasteiger partial charge in [-0.15, -0.1) is 0 Å². The van der Waals surface area contributed by atoms with Crippen LogP contribution in [0.25, 0.3) is 22.4 Å². The second kappa shape index (κ2) is 9.52. The Balaban J connectivity index is 1.49. The van der Waals surface area contributed by atoms with Crippen molar-refractivity contribution >= 4 is 28.7 Å². The third kappa shape index (κ3) is 5.01. The Morgan fingerprint density at radius 2 is 1.88 bits per heavy atom. The molecule has 0 aliphatic carbocycles. The number of imidazole rings is 1. The average molecular weight is 444 g/mol. The van der Waals surface area contributed by atoms with Crippen LogP contribution in [-0.2, 0) is 9.53 Å². The van der Waals surface area contributed by atoms with Crippen molar-refractivity contribution in [3.8, 4) is 17.1 Å². The largest absolute Gasteiger partial charge is 0.497 e. The summed E-state index contributed by atoms with van der Waals surface area (Å²) in [6.45, 7) is 3.68. The van der Waals surface area contributed by atoms with Gasteiger partial charge in [0.25, 0.3) is 5.91 Å². The van der Waals surface area contributed by atoms with E-state index in [1.165, 1.54) is 0 Å². The van der Waals surface area contributed by atoms with Gasteiger partial charge in [-0.25, -0.2) is 14.8 Å². The number of carbonyl (C=O) groups is 2. The zero-order chi connectivity index (χ0) is 23.4. The molecule has 2 N–H and O–H groups in total.